The van der Waals surface area contributed by atoms with Crippen LogP contribution in [0, 0.1) is 3.57 Å². The third-order valence-electron chi connectivity index (χ3n) is 1.92. The van der Waals surface area contributed by atoms with E-state index in [0.29, 0.717) is 11.3 Å². The first kappa shape index (κ1) is 10.3. The van der Waals surface area contributed by atoms with Crippen molar-refractivity contribution in [3.8, 4) is 0 Å². The summed E-state index contributed by atoms with van der Waals surface area (Å²) in [4.78, 5) is 10.7. The molecule has 1 rings (SSSR count). The highest BCUT2D eigenvalue weighted by molar-refractivity contribution is 14.1. The van der Waals surface area contributed by atoms with Crippen LogP contribution < -0.4 is 5.73 Å². The molecule has 0 aliphatic rings. The number of nitrogen functional groups attached to an aromatic ring is 1. The predicted molar refractivity (Wildman–Crippen MR) is 59.6 cm³/mol. The van der Waals surface area contributed by atoms with Crippen LogP contribution in [0.3, 0.4) is 0 Å². The summed E-state index contributed by atoms with van der Waals surface area (Å²) in [5.41, 5.74) is 7.00. The van der Waals surface area contributed by atoms with Crippen molar-refractivity contribution < 1.29 is 9.90 Å². The van der Waals surface area contributed by atoms with Crippen molar-refractivity contribution in [1.29, 1.82) is 0 Å². The van der Waals surface area contributed by atoms with Crippen LogP contribution in [-0.4, -0.2) is 11.1 Å². The Morgan fingerprint density at radius 3 is 2.77 bits per heavy atom. The Balaban J connectivity index is 3.15. The summed E-state index contributed by atoms with van der Waals surface area (Å²) in [6.07, 6.45) is 0. The molecule has 1 atom stereocenters. The molecule has 0 aromatic heterocycles. The summed E-state index contributed by atoms with van der Waals surface area (Å²) in [5.74, 6) is -1.40. The van der Waals surface area contributed by atoms with Crippen molar-refractivity contribution >= 4 is 34.2 Å². The average Bonchev–Trinajstić information content (AvgIpc) is 2.08. The van der Waals surface area contributed by atoms with Crippen molar-refractivity contribution in [3.63, 3.8) is 0 Å². The largest absolute Gasteiger partial charge is 0.481 e. The minimum Gasteiger partial charge on any atom is -0.481 e. The van der Waals surface area contributed by atoms with E-state index in [2.05, 4.69) is 22.6 Å². The minimum absolute atomic E-state index is 0.547. The van der Waals surface area contributed by atoms with Crippen molar-refractivity contribution in [2.24, 2.45) is 0 Å². The van der Waals surface area contributed by atoms with Crippen LogP contribution in [0.1, 0.15) is 18.4 Å². The molecule has 13 heavy (non-hydrogen) atoms. The van der Waals surface area contributed by atoms with Gasteiger partial charge in [0, 0.05) is 9.26 Å². The Bertz CT molecular complexity index is 338. The molecule has 0 aliphatic carbocycles. The highest BCUT2D eigenvalue weighted by Crippen LogP contribution is 2.26. The SMILES string of the molecule is CC(C(=O)O)c1cccc(I)c1N. The van der Waals surface area contributed by atoms with E-state index in [1.54, 1.807) is 13.0 Å². The molecule has 3 N–H and O–H groups in total. The summed E-state index contributed by atoms with van der Waals surface area (Å²) < 4.78 is 0.892. The standard InChI is InChI=1S/C9H10INO2/c1-5(9(12)13)6-3-2-4-7(10)8(6)11/h2-5H,11H2,1H3,(H,12,13). The lowest BCUT2D eigenvalue weighted by Crippen LogP contribution is -2.10. The average molecular weight is 291 g/mol. The van der Waals surface area contributed by atoms with E-state index in [-0.39, 0.29) is 0 Å². The molecule has 3 nitrogen and oxygen atoms in total. The lowest BCUT2D eigenvalue weighted by Gasteiger charge is -2.10. The highest BCUT2D eigenvalue weighted by atomic mass is 127. The van der Waals surface area contributed by atoms with Gasteiger partial charge < -0.3 is 10.8 Å². The van der Waals surface area contributed by atoms with E-state index in [0.717, 1.165) is 3.57 Å². The molecule has 0 fully saturated rings. The molecule has 0 saturated heterocycles. The zero-order valence-electron chi connectivity index (χ0n) is 7.12. The van der Waals surface area contributed by atoms with Gasteiger partial charge in [-0.15, -0.1) is 0 Å². The van der Waals surface area contributed by atoms with Gasteiger partial charge in [0.25, 0.3) is 0 Å². The molecule has 0 heterocycles. The molecular formula is C9H10INO2. The summed E-state index contributed by atoms with van der Waals surface area (Å²) >= 11 is 2.09. The van der Waals surface area contributed by atoms with Gasteiger partial charge in [-0.3, -0.25) is 4.79 Å². The van der Waals surface area contributed by atoms with E-state index >= 15 is 0 Å². The Hall–Kier alpha value is -0.780. The Kier molecular flexibility index (Phi) is 3.13. The van der Waals surface area contributed by atoms with Crippen LogP contribution >= 0.6 is 22.6 Å². The minimum atomic E-state index is -0.853. The van der Waals surface area contributed by atoms with E-state index in [9.17, 15) is 4.79 Å². The maximum absolute atomic E-state index is 10.7. The number of halogens is 1. The fraction of sp³-hybridized carbons (Fsp3) is 0.222. The van der Waals surface area contributed by atoms with Gasteiger partial charge in [0.15, 0.2) is 0 Å². The number of carbonyl (C=O) groups is 1. The van der Waals surface area contributed by atoms with Gasteiger partial charge in [-0.1, -0.05) is 12.1 Å². The van der Waals surface area contributed by atoms with E-state index in [4.69, 9.17) is 10.8 Å². The number of rotatable bonds is 2. The quantitative estimate of drug-likeness (QED) is 0.647. The Labute approximate surface area is 90.1 Å². The first-order valence-corrected chi connectivity index (χ1v) is 4.88. The molecular weight excluding hydrogens is 281 g/mol. The second-order valence-electron chi connectivity index (χ2n) is 2.80. The lowest BCUT2D eigenvalue weighted by molar-refractivity contribution is -0.138. The number of carboxylic acid groups (broad SMARTS) is 1. The number of benzene rings is 1. The topological polar surface area (TPSA) is 63.3 Å². The predicted octanol–water partition coefficient (Wildman–Crippen LogP) is 2.06. The lowest BCUT2D eigenvalue weighted by atomic mass is 10.00. The fourth-order valence-corrected chi connectivity index (χ4v) is 1.58. The number of carboxylic acids is 1. The second kappa shape index (κ2) is 3.95. The summed E-state index contributed by atoms with van der Waals surface area (Å²) in [6.45, 7) is 1.63. The van der Waals surface area contributed by atoms with Gasteiger partial charge >= 0.3 is 5.97 Å². The number of hydrogen-bond donors (Lipinski definition) is 2. The molecule has 70 valence electrons. The zero-order chi connectivity index (χ0) is 10.0. The molecule has 0 amide bonds. The van der Waals surface area contributed by atoms with Crippen LogP contribution in [0.5, 0.6) is 0 Å². The summed E-state index contributed by atoms with van der Waals surface area (Å²) in [6, 6.07) is 5.41. The van der Waals surface area contributed by atoms with Crippen LogP contribution in [0.2, 0.25) is 0 Å². The van der Waals surface area contributed by atoms with Gasteiger partial charge in [-0.25, -0.2) is 0 Å². The molecule has 0 bridgehead atoms. The Morgan fingerprint density at radius 2 is 2.23 bits per heavy atom. The fourth-order valence-electron chi connectivity index (χ4n) is 1.06. The monoisotopic (exact) mass is 291 g/mol. The van der Waals surface area contributed by atoms with Crippen molar-refractivity contribution in [1.82, 2.24) is 0 Å². The first-order valence-electron chi connectivity index (χ1n) is 3.80. The van der Waals surface area contributed by atoms with Gasteiger partial charge in [-0.2, -0.15) is 0 Å². The van der Waals surface area contributed by atoms with Crippen molar-refractivity contribution in [2.75, 3.05) is 5.73 Å². The number of aliphatic carboxylic acids is 1. The smallest absolute Gasteiger partial charge is 0.310 e. The Morgan fingerprint density at radius 1 is 1.62 bits per heavy atom. The van der Waals surface area contributed by atoms with Crippen molar-refractivity contribution in [3.05, 3.63) is 27.3 Å². The summed E-state index contributed by atoms with van der Waals surface area (Å²) in [7, 11) is 0. The number of anilines is 1. The van der Waals surface area contributed by atoms with Gasteiger partial charge in [0.05, 0.1) is 5.92 Å². The normalized spacial score (nSPS) is 12.5. The van der Waals surface area contributed by atoms with Gasteiger partial charge in [0.2, 0.25) is 0 Å². The van der Waals surface area contributed by atoms with Gasteiger partial charge in [0.1, 0.15) is 0 Å². The van der Waals surface area contributed by atoms with Crippen LogP contribution in [0.4, 0.5) is 5.69 Å². The molecule has 0 aliphatic heterocycles. The van der Waals surface area contributed by atoms with Crippen LogP contribution in [0.15, 0.2) is 18.2 Å². The zero-order valence-corrected chi connectivity index (χ0v) is 9.28. The third kappa shape index (κ3) is 2.12. The van der Waals surface area contributed by atoms with Crippen molar-refractivity contribution in [2.45, 2.75) is 12.8 Å². The molecule has 1 unspecified atom stereocenters. The van der Waals surface area contributed by atoms with E-state index in [1.165, 1.54) is 0 Å². The second-order valence-corrected chi connectivity index (χ2v) is 3.96. The third-order valence-corrected chi connectivity index (χ3v) is 2.86. The highest BCUT2D eigenvalue weighted by Gasteiger charge is 2.16. The number of para-hydroxylation sites is 1. The maximum atomic E-state index is 10.7. The number of hydrogen-bond acceptors (Lipinski definition) is 2. The molecule has 0 spiro atoms. The molecule has 1 aromatic carbocycles. The van der Waals surface area contributed by atoms with Crippen LogP contribution in [0.25, 0.3) is 0 Å². The molecule has 0 radical (unpaired) electrons. The summed E-state index contributed by atoms with van der Waals surface area (Å²) in [5, 5.41) is 8.79. The molecule has 4 heteroatoms. The first-order chi connectivity index (χ1) is 6.04. The molecule has 1 aromatic rings. The van der Waals surface area contributed by atoms with E-state index < -0.39 is 11.9 Å². The number of nitrogens with two attached hydrogens (primary N) is 1. The van der Waals surface area contributed by atoms with E-state index in [1.807, 2.05) is 12.1 Å². The maximum Gasteiger partial charge on any atom is 0.310 e. The molecule has 0 saturated carbocycles. The van der Waals surface area contributed by atoms with Crippen LogP contribution in [-0.2, 0) is 4.79 Å². The van der Waals surface area contributed by atoms with Gasteiger partial charge in [-0.05, 0) is 41.1 Å².